The molecule has 0 aliphatic carbocycles. The van der Waals surface area contributed by atoms with E-state index in [2.05, 4.69) is 5.32 Å². The molecule has 22 heavy (non-hydrogen) atoms. The highest BCUT2D eigenvalue weighted by Gasteiger charge is 2.07. The summed E-state index contributed by atoms with van der Waals surface area (Å²) >= 11 is 0. The molecule has 0 aliphatic rings. The van der Waals surface area contributed by atoms with Crippen molar-refractivity contribution in [2.45, 2.75) is 6.92 Å². The van der Waals surface area contributed by atoms with E-state index in [1.807, 2.05) is 0 Å². The zero-order valence-corrected chi connectivity index (χ0v) is 11.8. The lowest BCUT2D eigenvalue weighted by Crippen LogP contribution is -2.06. The van der Waals surface area contributed by atoms with E-state index in [4.69, 9.17) is 0 Å². The number of amides is 1. The number of hydrogen-bond donors (Lipinski definition) is 1. The summed E-state index contributed by atoms with van der Waals surface area (Å²) in [5.74, 6) is -2.60. The molecule has 5 heteroatoms. The number of carbonyl (C=O) groups excluding carboxylic acids is 2. The van der Waals surface area contributed by atoms with Crippen LogP contribution in [0, 0.1) is 11.6 Å². The summed E-state index contributed by atoms with van der Waals surface area (Å²) < 4.78 is 26.5. The van der Waals surface area contributed by atoms with Crippen LogP contribution in [0.3, 0.4) is 0 Å². The van der Waals surface area contributed by atoms with Crippen LogP contribution in [0.1, 0.15) is 22.8 Å². The molecule has 3 nitrogen and oxygen atoms in total. The van der Waals surface area contributed by atoms with Gasteiger partial charge in [-0.15, -0.1) is 0 Å². The Hall–Kier alpha value is -2.82. The zero-order valence-electron chi connectivity index (χ0n) is 11.8. The maximum Gasteiger partial charge on any atom is 0.221 e. The minimum absolute atomic E-state index is 0.00799. The molecule has 2 aromatic carbocycles. The molecule has 0 heterocycles. The first-order valence-electron chi connectivity index (χ1n) is 6.51. The zero-order chi connectivity index (χ0) is 16.1. The van der Waals surface area contributed by atoms with Gasteiger partial charge in [0.1, 0.15) is 0 Å². The van der Waals surface area contributed by atoms with Crippen molar-refractivity contribution in [1.82, 2.24) is 0 Å². The summed E-state index contributed by atoms with van der Waals surface area (Å²) in [6.07, 6.45) is 2.37. The first kappa shape index (κ1) is 15.6. The average molecular weight is 301 g/mol. The monoisotopic (exact) mass is 301 g/mol. The quantitative estimate of drug-likeness (QED) is 0.689. The topological polar surface area (TPSA) is 46.2 Å². The second-order valence-corrected chi connectivity index (χ2v) is 4.60. The molecule has 1 amide bonds. The average Bonchev–Trinajstić information content (AvgIpc) is 2.48. The maximum absolute atomic E-state index is 13.5. The lowest BCUT2D eigenvalue weighted by molar-refractivity contribution is -0.114. The third kappa shape index (κ3) is 3.85. The summed E-state index contributed by atoms with van der Waals surface area (Å²) in [5, 5.41) is 2.57. The molecule has 2 aromatic rings. The van der Waals surface area contributed by atoms with Crippen molar-refractivity contribution in [1.29, 1.82) is 0 Å². The maximum atomic E-state index is 13.5. The van der Waals surface area contributed by atoms with Gasteiger partial charge in [-0.2, -0.15) is 0 Å². The van der Waals surface area contributed by atoms with Gasteiger partial charge in [0.25, 0.3) is 0 Å². The van der Waals surface area contributed by atoms with E-state index in [1.165, 1.54) is 31.2 Å². The molecular weight excluding hydrogens is 288 g/mol. The molecule has 0 unspecified atom stereocenters. The molecule has 0 saturated carbocycles. The van der Waals surface area contributed by atoms with Crippen molar-refractivity contribution in [3.8, 4) is 0 Å². The normalized spacial score (nSPS) is 10.7. The molecule has 0 atom stereocenters. The van der Waals surface area contributed by atoms with E-state index in [0.717, 1.165) is 12.1 Å². The molecule has 112 valence electrons. The second-order valence-electron chi connectivity index (χ2n) is 4.60. The Morgan fingerprint density at radius 3 is 2.55 bits per heavy atom. The summed E-state index contributed by atoms with van der Waals surface area (Å²) in [6, 6.07) is 10.1. The van der Waals surface area contributed by atoms with Crippen LogP contribution >= 0.6 is 0 Å². The first-order valence-corrected chi connectivity index (χ1v) is 6.51. The highest BCUT2D eigenvalue weighted by molar-refractivity contribution is 6.07. The largest absolute Gasteiger partial charge is 0.326 e. The van der Waals surface area contributed by atoms with Crippen molar-refractivity contribution >= 4 is 23.5 Å². The highest BCUT2D eigenvalue weighted by atomic mass is 19.2. The van der Waals surface area contributed by atoms with Crippen molar-refractivity contribution in [3.05, 3.63) is 71.3 Å². The Kier molecular flexibility index (Phi) is 4.78. The second kappa shape index (κ2) is 6.76. The molecule has 0 aliphatic heterocycles. The smallest absolute Gasteiger partial charge is 0.221 e. The predicted octanol–water partition coefficient (Wildman–Crippen LogP) is 3.82. The van der Waals surface area contributed by atoms with Gasteiger partial charge < -0.3 is 5.32 Å². The number of halogens is 2. The number of anilines is 1. The molecule has 2 rings (SSSR count). The summed E-state index contributed by atoms with van der Waals surface area (Å²) in [4.78, 5) is 23.0. The summed E-state index contributed by atoms with van der Waals surface area (Å²) in [6.45, 7) is 1.36. The van der Waals surface area contributed by atoms with Gasteiger partial charge >= 0.3 is 0 Å². The Balaban J connectivity index is 2.20. The number of nitrogens with one attached hydrogen (secondary N) is 1. The van der Waals surface area contributed by atoms with E-state index in [0.29, 0.717) is 11.3 Å². The van der Waals surface area contributed by atoms with E-state index in [1.54, 1.807) is 18.2 Å². The van der Waals surface area contributed by atoms with Gasteiger partial charge in [0, 0.05) is 23.7 Å². The van der Waals surface area contributed by atoms with Gasteiger partial charge in [0.15, 0.2) is 17.4 Å². The highest BCUT2D eigenvalue weighted by Crippen LogP contribution is 2.15. The summed E-state index contributed by atoms with van der Waals surface area (Å²) in [7, 11) is 0. The Morgan fingerprint density at radius 2 is 1.82 bits per heavy atom. The van der Waals surface area contributed by atoms with Gasteiger partial charge in [-0.1, -0.05) is 24.3 Å². The van der Waals surface area contributed by atoms with Crippen LogP contribution in [0.25, 0.3) is 6.08 Å². The van der Waals surface area contributed by atoms with Gasteiger partial charge in [0.2, 0.25) is 5.91 Å². The fourth-order valence-corrected chi connectivity index (χ4v) is 1.86. The van der Waals surface area contributed by atoms with Crippen molar-refractivity contribution < 1.29 is 18.4 Å². The van der Waals surface area contributed by atoms with Crippen LogP contribution in [-0.2, 0) is 4.79 Å². The van der Waals surface area contributed by atoms with Crippen LogP contribution in [0.4, 0.5) is 14.5 Å². The Morgan fingerprint density at radius 1 is 1.09 bits per heavy atom. The summed E-state index contributed by atoms with van der Waals surface area (Å²) in [5.41, 5.74) is 0.814. The molecule has 1 N–H and O–H groups in total. The van der Waals surface area contributed by atoms with Crippen molar-refractivity contribution in [2.75, 3.05) is 5.32 Å². The van der Waals surface area contributed by atoms with Crippen molar-refractivity contribution in [3.63, 3.8) is 0 Å². The lowest BCUT2D eigenvalue weighted by atomic mass is 10.1. The minimum atomic E-state index is -1.00. The van der Waals surface area contributed by atoms with Gasteiger partial charge in [-0.3, -0.25) is 9.59 Å². The number of rotatable bonds is 4. The van der Waals surface area contributed by atoms with Gasteiger partial charge in [-0.25, -0.2) is 8.78 Å². The molecule has 0 aromatic heterocycles. The third-order valence-electron chi connectivity index (χ3n) is 2.86. The number of allylic oxidation sites excluding steroid dienone is 1. The van der Waals surface area contributed by atoms with Crippen LogP contribution in [0.15, 0.2) is 48.5 Å². The molecule has 0 saturated heterocycles. The van der Waals surface area contributed by atoms with E-state index >= 15 is 0 Å². The van der Waals surface area contributed by atoms with Crippen LogP contribution in [-0.4, -0.2) is 11.7 Å². The molecule has 0 bridgehead atoms. The molecule has 0 spiro atoms. The fraction of sp³-hybridized carbons (Fsp3) is 0.0588. The van der Waals surface area contributed by atoms with Crippen LogP contribution < -0.4 is 5.32 Å². The fourth-order valence-electron chi connectivity index (χ4n) is 1.86. The number of carbonyl (C=O) groups is 2. The Labute approximate surface area is 126 Å². The van der Waals surface area contributed by atoms with Gasteiger partial charge in [0.05, 0.1) is 0 Å². The molecular formula is C17H13F2NO2. The van der Waals surface area contributed by atoms with Crippen LogP contribution in [0.5, 0.6) is 0 Å². The Bertz CT molecular complexity index is 754. The van der Waals surface area contributed by atoms with E-state index < -0.39 is 11.6 Å². The first-order chi connectivity index (χ1) is 10.5. The van der Waals surface area contributed by atoms with Crippen molar-refractivity contribution in [2.24, 2.45) is 0 Å². The number of ketones is 1. The SMILES string of the molecule is CC(=O)Nc1cccc(C(=O)/C=C/c2cccc(F)c2F)c1. The number of hydrogen-bond acceptors (Lipinski definition) is 2. The van der Waals surface area contributed by atoms with Gasteiger partial charge in [-0.05, 0) is 30.4 Å². The molecule has 0 radical (unpaired) electrons. The molecule has 0 fully saturated rings. The lowest BCUT2D eigenvalue weighted by Gasteiger charge is -2.03. The third-order valence-corrected chi connectivity index (χ3v) is 2.86. The van der Waals surface area contributed by atoms with Crippen LogP contribution in [0.2, 0.25) is 0 Å². The minimum Gasteiger partial charge on any atom is -0.326 e. The predicted molar refractivity (Wildman–Crippen MR) is 80.5 cm³/mol. The van der Waals surface area contributed by atoms with E-state index in [-0.39, 0.29) is 17.3 Å². The van der Waals surface area contributed by atoms with E-state index in [9.17, 15) is 18.4 Å². The standard InChI is InChI=1S/C17H13F2NO2/c1-11(21)20-14-6-2-5-13(10-14)16(22)9-8-12-4-3-7-15(18)17(12)19/h2-10H,1H3,(H,20,21)/b9-8+. The number of benzene rings is 2.